The topological polar surface area (TPSA) is 67.4 Å². The highest BCUT2D eigenvalue weighted by Gasteiger charge is 2.11. The molecule has 0 aliphatic carbocycles. The molecule has 2 amide bonds. The van der Waals surface area contributed by atoms with E-state index in [0.717, 1.165) is 5.56 Å². The highest BCUT2D eigenvalue weighted by atomic mass is 35.5. The molecule has 1 aromatic carbocycles. The van der Waals surface area contributed by atoms with Gasteiger partial charge in [-0.15, -0.1) is 0 Å². The average molecular weight is 313 g/mol. The lowest BCUT2D eigenvalue weighted by molar-refractivity contribution is -0.139. The van der Waals surface area contributed by atoms with Crippen molar-refractivity contribution >= 4 is 23.4 Å². The van der Waals surface area contributed by atoms with E-state index in [4.69, 9.17) is 16.3 Å². The van der Waals surface area contributed by atoms with Gasteiger partial charge in [0.15, 0.2) is 0 Å². The molecule has 21 heavy (non-hydrogen) atoms. The van der Waals surface area contributed by atoms with E-state index in [2.05, 4.69) is 10.6 Å². The normalized spacial score (nSPS) is 10.2. The molecule has 0 saturated heterocycles. The summed E-state index contributed by atoms with van der Waals surface area (Å²) in [6.45, 7) is 3.98. The molecule has 0 spiro atoms. The van der Waals surface area contributed by atoms with Crippen molar-refractivity contribution in [3.63, 3.8) is 0 Å². The van der Waals surface area contributed by atoms with E-state index in [1.54, 1.807) is 12.1 Å². The highest BCUT2D eigenvalue weighted by molar-refractivity contribution is 6.35. The third-order valence-electron chi connectivity index (χ3n) is 2.77. The minimum absolute atomic E-state index is 0.410. The van der Waals surface area contributed by atoms with E-state index in [9.17, 15) is 9.59 Å². The molecule has 0 radical (unpaired) electrons. The van der Waals surface area contributed by atoms with Gasteiger partial charge in [0.05, 0.1) is 0 Å². The molecule has 0 unspecified atom stereocenters. The smallest absolute Gasteiger partial charge is 0.309 e. The van der Waals surface area contributed by atoms with Crippen LogP contribution in [0, 0.1) is 0 Å². The van der Waals surface area contributed by atoms with E-state index in [1.807, 2.05) is 19.1 Å². The molecule has 1 aromatic rings. The van der Waals surface area contributed by atoms with Gasteiger partial charge in [0.25, 0.3) is 0 Å². The van der Waals surface area contributed by atoms with Crippen molar-refractivity contribution in [3.05, 3.63) is 34.9 Å². The first-order chi connectivity index (χ1) is 10.1. The lowest BCUT2D eigenvalue weighted by Crippen LogP contribution is -2.41. The molecule has 0 fully saturated rings. The summed E-state index contributed by atoms with van der Waals surface area (Å²) in [6.07, 6.45) is 1.35. The maximum absolute atomic E-state index is 11.5. The van der Waals surface area contributed by atoms with Crippen LogP contribution in [0.5, 0.6) is 0 Å². The van der Waals surface area contributed by atoms with Gasteiger partial charge in [-0.25, -0.2) is 0 Å². The van der Waals surface area contributed by atoms with E-state index in [1.165, 1.54) is 0 Å². The SMILES string of the molecule is CCOCCCNC(=O)C(=O)NCCc1ccc(Cl)cc1. The third kappa shape index (κ3) is 7.68. The zero-order valence-electron chi connectivity index (χ0n) is 12.2. The summed E-state index contributed by atoms with van der Waals surface area (Å²) in [5, 5.41) is 5.81. The second-order valence-electron chi connectivity index (χ2n) is 4.44. The van der Waals surface area contributed by atoms with Gasteiger partial charge in [-0.1, -0.05) is 23.7 Å². The highest BCUT2D eigenvalue weighted by Crippen LogP contribution is 2.09. The number of ether oxygens (including phenoxy) is 1. The molecule has 2 N–H and O–H groups in total. The number of nitrogens with one attached hydrogen (secondary N) is 2. The number of halogens is 1. The molecule has 0 bridgehead atoms. The summed E-state index contributed by atoms with van der Waals surface area (Å²) in [4.78, 5) is 23.0. The van der Waals surface area contributed by atoms with Crippen molar-refractivity contribution < 1.29 is 14.3 Å². The summed E-state index contributed by atoms with van der Waals surface area (Å²) in [5.41, 5.74) is 1.05. The Kier molecular flexibility index (Phi) is 8.47. The molecule has 0 aromatic heterocycles. The Hall–Kier alpha value is -1.59. The fourth-order valence-corrected chi connectivity index (χ4v) is 1.78. The summed E-state index contributed by atoms with van der Waals surface area (Å²) >= 11 is 5.79. The van der Waals surface area contributed by atoms with E-state index in [0.29, 0.717) is 44.2 Å². The minimum atomic E-state index is -0.611. The molecule has 5 nitrogen and oxygen atoms in total. The average Bonchev–Trinajstić information content (AvgIpc) is 2.48. The number of amides is 2. The molecule has 0 aliphatic heterocycles. The predicted molar refractivity (Wildman–Crippen MR) is 82.3 cm³/mol. The van der Waals surface area contributed by atoms with Crippen LogP contribution in [0.4, 0.5) is 0 Å². The van der Waals surface area contributed by atoms with Gasteiger partial charge in [0, 0.05) is 31.3 Å². The van der Waals surface area contributed by atoms with Crippen LogP contribution < -0.4 is 10.6 Å². The molecule has 0 aliphatic rings. The van der Waals surface area contributed by atoms with Crippen LogP contribution in [0.25, 0.3) is 0 Å². The summed E-state index contributed by atoms with van der Waals surface area (Å²) in [7, 11) is 0. The molecular formula is C15H21ClN2O3. The standard InChI is InChI=1S/C15H21ClN2O3/c1-2-21-11-3-9-17-14(19)15(20)18-10-8-12-4-6-13(16)7-5-12/h4-7H,2-3,8-11H2,1H3,(H,17,19)(H,18,20). The summed E-state index contributed by atoms with van der Waals surface area (Å²) < 4.78 is 5.14. The van der Waals surface area contributed by atoms with Gasteiger partial charge in [0.1, 0.15) is 0 Å². The van der Waals surface area contributed by atoms with Crippen LogP contribution in [0.1, 0.15) is 18.9 Å². The van der Waals surface area contributed by atoms with Crippen LogP contribution in [-0.4, -0.2) is 38.1 Å². The predicted octanol–water partition coefficient (Wildman–Crippen LogP) is 1.54. The van der Waals surface area contributed by atoms with Crippen LogP contribution in [0.3, 0.4) is 0 Å². The molecule has 0 atom stereocenters. The lowest BCUT2D eigenvalue weighted by atomic mass is 10.1. The molecule has 0 heterocycles. The first-order valence-corrected chi connectivity index (χ1v) is 7.39. The van der Waals surface area contributed by atoms with Crippen LogP contribution in [0.15, 0.2) is 24.3 Å². The van der Waals surface area contributed by atoms with Gasteiger partial charge < -0.3 is 15.4 Å². The van der Waals surface area contributed by atoms with Crippen molar-refractivity contribution in [2.24, 2.45) is 0 Å². The lowest BCUT2D eigenvalue weighted by Gasteiger charge is -2.07. The first-order valence-electron chi connectivity index (χ1n) is 7.01. The summed E-state index contributed by atoms with van der Waals surface area (Å²) in [5.74, 6) is -1.22. The first kappa shape index (κ1) is 17.5. The van der Waals surface area contributed by atoms with Gasteiger partial charge in [-0.3, -0.25) is 9.59 Å². The Morgan fingerprint density at radius 2 is 1.71 bits per heavy atom. The maximum Gasteiger partial charge on any atom is 0.309 e. The number of hydrogen-bond donors (Lipinski definition) is 2. The molecule has 0 saturated carbocycles. The van der Waals surface area contributed by atoms with Gasteiger partial charge >= 0.3 is 11.8 Å². The zero-order chi connectivity index (χ0) is 15.5. The number of rotatable bonds is 8. The van der Waals surface area contributed by atoms with Gasteiger partial charge in [-0.05, 0) is 37.5 Å². The molecule has 1 rings (SSSR count). The van der Waals surface area contributed by atoms with E-state index >= 15 is 0 Å². The second kappa shape index (κ2) is 10.2. The number of hydrogen-bond acceptors (Lipinski definition) is 3. The second-order valence-corrected chi connectivity index (χ2v) is 4.88. The monoisotopic (exact) mass is 312 g/mol. The minimum Gasteiger partial charge on any atom is -0.382 e. The molecule has 6 heteroatoms. The van der Waals surface area contributed by atoms with E-state index in [-0.39, 0.29) is 0 Å². The summed E-state index contributed by atoms with van der Waals surface area (Å²) in [6, 6.07) is 7.37. The largest absolute Gasteiger partial charge is 0.382 e. The Morgan fingerprint density at radius 3 is 2.33 bits per heavy atom. The van der Waals surface area contributed by atoms with Crippen molar-refractivity contribution in [2.75, 3.05) is 26.3 Å². The van der Waals surface area contributed by atoms with Crippen molar-refractivity contribution in [1.29, 1.82) is 0 Å². The fraction of sp³-hybridized carbons (Fsp3) is 0.467. The van der Waals surface area contributed by atoms with E-state index < -0.39 is 11.8 Å². The zero-order valence-corrected chi connectivity index (χ0v) is 12.9. The maximum atomic E-state index is 11.5. The Morgan fingerprint density at radius 1 is 1.10 bits per heavy atom. The number of carbonyl (C=O) groups is 2. The number of carbonyl (C=O) groups excluding carboxylic acids is 2. The Labute approximate surface area is 130 Å². The van der Waals surface area contributed by atoms with Crippen molar-refractivity contribution in [1.82, 2.24) is 10.6 Å². The fourth-order valence-electron chi connectivity index (χ4n) is 1.65. The number of benzene rings is 1. The van der Waals surface area contributed by atoms with Crippen LogP contribution >= 0.6 is 11.6 Å². The van der Waals surface area contributed by atoms with Crippen molar-refractivity contribution in [2.45, 2.75) is 19.8 Å². The molecule has 116 valence electrons. The molecular weight excluding hydrogens is 292 g/mol. The van der Waals surface area contributed by atoms with Gasteiger partial charge in [0.2, 0.25) is 0 Å². The van der Waals surface area contributed by atoms with Crippen LogP contribution in [-0.2, 0) is 20.7 Å². The van der Waals surface area contributed by atoms with Crippen molar-refractivity contribution in [3.8, 4) is 0 Å². The quantitative estimate of drug-likeness (QED) is 0.565. The Balaban J connectivity index is 2.14. The van der Waals surface area contributed by atoms with Crippen LogP contribution in [0.2, 0.25) is 5.02 Å². The Bertz CT molecular complexity index is 449. The van der Waals surface area contributed by atoms with Gasteiger partial charge in [-0.2, -0.15) is 0 Å². The third-order valence-corrected chi connectivity index (χ3v) is 3.03.